The van der Waals surface area contributed by atoms with Crippen molar-refractivity contribution in [3.8, 4) is 17.0 Å². The van der Waals surface area contributed by atoms with Crippen molar-refractivity contribution in [3.63, 3.8) is 0 Å². The van der Waals surface area contributed by atoms with Crippen molar-refractivity contribution in [2.45, 2.75) is 26.0 Å². The summed E-state index contributed by atoms with van der Waals surface area (Å²) in [5.74, 6) is 0.300. The molecule has 1 atom stereocenters. The highest BCUT2D eigenvalue weighted by Gasteiger charge is 2.19. The average molecular weight is 483 g/mol. The number of aromatic hydroxyl groups is 1. The third-order valence-corrected chi connectivity index (χ3v) is 5.98. The smallest absolute Gasteiger partial charge is 0.255 e. The molecule has 0 saturated carbocycles. The van der Waals surface area contributed by atoms with E-state index in [0.717, 1.165) is 16.7 Å². The molecule has 0 aliphatic rings. The minimum Gasteiger partial charge on any atom is -0.508 e. The maximum Gasteiger partial charge on any atom is 0.255 e. The number of amides is 1. The van der Waals surface area contributed by atoms with E-state index in [1.54, 1.807) is 24.4 Å². The third-order valence-electron chi connectivity index (χ3n) is 5.98. The van der Waals surface area contributed by atoms with Gasteiger partial charge in [0.25, 0.3) is 5.91 Å². The molecule has 3 aromatic carbocycles. The second-order valence-electron chi connectivity index (χ2n) is 8.74. The molecule has 1 heterocycles. The Labute approximate surface area is 211 Å². The van der Waals surface area contributed by atoms with Gasteiger partial charge in [-0.2, -0.15) is 0 Å². The van der Waals surface area contributed by atoms with E-state index in [0.29, 0.717) is 35.7 Å². The Morgan fingerprint density at radius 1 is 1.03 bits per heavy atom. The molecule has 4 rings (SSSR count). The van der Waals surface area contributed by atoms with Gasteiger partial charge in [-0.05, 0) is 42.2 Å². The van der Waals surface area contributed by atoms with Crippen LogP contribution >= 0.6 is 0 Å². The molecule has 0 bridgehead atoms. The number of nitrogens with zero attached hydrogens (tertiary/aromatic N) is 3. The molecule has 3 N–H and O–H groups in total. The number of aliphatic hydroxyl groups is 1. The van der Waals surface area contributed by atoms with Crippen LogP contribution in [0.4, 0.5) is 5.95 Å². The second kappa shape index (κ2) is 11.5. The molecule has 0 spiro atoms. The van der Waals surface area contributed by atoms with Crippen LogP contribution < -0.4 is 10.2 Å². The van der Waals surface area contributed by atoms with E-state index >= 15 is 0 Å². The lowest BCUT2D eigenvalue weighted by atomic mass is 10.0. The van der Waals surface area contributed by atoms with Gasteiger partial charge in [0.15, 0.2) is 0 Å². The first-order valence-corrected chi connectivity index (χ1v) is 11.9. The topological polar surface area (TPSA) is 98.6 Å². The van der Waals surface area contributed by atoms with Crippen molar-refractivity contribution in [2.24, 2.45) is 0 Å². The van der Waals surface area contributed by atoms with Crippen LogP contribution in [0.1, 0.15) is 39.6 Å². The van der Waals surface area contributed by atoms with Crippen molar-refractivity contribution in [1.29, 1.82) is 0 Å². The highest BCUT2D eigenvalue weighted by Crippen LogP contribution is 2.27. The monoisotopic (exact) mass is 482 g/mol. The van der Waals surface area contributed by atoms with Gasteiger partial charge in [0.05, 0.1) is 17.4 Å². The summed E-state index contributed by atoms with van der Waals surface area (Å²) in [5.41, 5.74) is 4.52. The lowest BCUT2D eigenvalue weighted by Gasteiger charge is -2.19. The van der Waals surface area contributed by atoms with Crippen LogP contribution in [-0.2, 0) is 6.54 Å². The molecule has 0 radical (unpaired) electrons. The number of rotatable bonds is 9. The first-order chi connectivity index (χ1) is 17.4. The maximum absolute atomic E-state index is 13.2. The summed E-state index contributed by atoms with van der Waals surface area (Å²) in [5, 5.41) is 22.9. The van der Waals surface area contributed by atoms with Crippen LogP contribution in [0.2, 0.25) is 0 Å². The molecule has 36 heavy (non-hydrogen) atoms. The van der Waals surface area contributed by atoms with Gasteiger partial charge >= 0.3 is 0 Å². The first kappa shape index (κ1) is 24.9. The third kappa shape index (κ3) is 6.06. The second-order valence-corrected chi connectivity index (χ2v) is 8.74. The van der Waals surface area contributed by atoms with Crippen LogP contribution in [0.25, 0.3) is 11.3 Å². The van der Waals surface area contributed by atoms with Crippen LogP contribution in [0.15, 0.2) is 85.1 Å². The van der Waals surface area contributed by atoms with Gasteiger partial charge in [0, 0.05) is 31.9 Å². The summed E-state index contributed by atoms with van der Waals surface area (Å²) < 4.78 is 0. The minimum atomic E-state index is -0.807. The molecule has 4 aromatic rings. The molecule has 0 fully saturated rings. The Balaban J connectivity index is 1.54. The van der Waals surface area contributed by atoms with Gasteiger partial charge in [-0.25, -0.2) is 9.97 Å². The molecular formula is C29H30N4O3. The lowest BCUT2D eigenvalue weighted by molar-refractivity contribution is 0.0942. The summed E-state index contributed by atoms with van der Waals surface area (Å²) in [6, 6.07) is 24.3. The Hall–Kier alpha value is -4.23. The summed E-state index contributed by atoms with van der Waals surface area (Å²) in [6.45, 7) is 2.86. The molecule has 1 unspecified atom stereocenters. The zero-order valence-electron chi connectivity index (χ0n) is 20.4. The van der Waals surface area contributed by atoms with Crippen LogP contribution in [-0.4, -0.2) is 39.7 Å². The molecule has 0 aliphatic carbocycles. The number of benzene rings is 3. The summed E-state index contributed by atoms with van der Waals surface area (Å²) in [7, 11) is 1.92. The number of phenols is 1. The van der Waals surface area contributed by atoms with Crippen molar-refractivity contribution in [1.82, 2.24) is 15.3 Å². The fourth-order valence-electron chi connectivity index (χ4n) is 4.01. The van der Waals surface area contributed by atoms with Crippen LogP contribution in [0, 0.1) is 6.92 Å². The molecular weight excluding hydrogens is 452 g/mol. The zero-order valence-corrected chi connectivity index (χ0v) is 20.4. The summed E-state index contributed by atoms with van der Waals surface area (Å²) >= 11 is 0. The fraction of sp³-hybridized carbons (Fsp3) is 0.207. The number of carbonyl (C=O) groups excluding carboxylic acids is 1. The summed E-state index contributed by atoms with van der Waals surface area (Å²) in [4.78, 5) is 24.4. The average Bonchev–Trinajstić information content (AvgIpc) is 2.89. The normalized spacial score (nSPS) is 11.6. The Morgan fingerprint density at radius 3 is 2.53 bits per heavy atom. The number of nitrogens with one attached hydrogen (secondary N) is 1. The molecule has 7 heteroatoms. The zero-order chi connectivity index (χ0) is 25.5. The van der Waals surface area contributed by atoms with Crippen LogP contribution in [0.3, 0.4) is 0 Å². The van der Waals surface area contributed by atoms with Crippen molar-refractivity contribution >= 4 is 11.9 Å². The van der Waals surface area contributed by atoms with Crippen LogP contribution in [0.5, 0.6) is 5.75 Å². The number of hydrogen-bond donors (Lipinski definition) is 3. The largest absolute Gasteiger partial charge is 0.508 e. The van der Waals surface area contributed by atoms with E-state index in [2.05, 4.69) is 10.3 Å². The maximum atomic E-state index is 13.2. The number of anilines is 1. The minimum absolute atomic E-state index is 0.0907. The number of phenolic OH excluding ortho intramolecular Hbond substituents is 1. The van der Waals surface area contributed by atoms with E-state index in [4.69, 9.17) is 4.98 Å². The Bertz CT molecular complexity index is 1330. The van der Waals surface area contributed by atoms with Gasteiger partial charge in [-0.1, -0.05) is 66.7 Å². The number of aromatic nitrogens is 2. The number of carbonyl (C=O) groups is 1. The molecule has 0 saturated heterocycles. The van der Waals surface area contributed by atoms with Crippen molar-refractivity contribution in [3.05, 3.63) is 107 Å². The first-order valence-electron chi connectivity index (χ1n) is 11.9. The fourth-order valence-corrected chi connectivity index (χ4v) is 4.01. The van der Waals surface area contributed by atoms with Crippen molar-refractivity contribution in [2.75, 3.05) is 18.5 Å². The molecule has 184 valence electrons. The number of aliphatic hydroxyl groups excluding tert-OH is 1. The predicted octanol–water partition coefficient (Wildman–Crippen LogP) is 4.65. The Kier molecular flexibility index (Phi) is 7.92. The molecule has 1 aromatic heterocycles. The lowest BCUT2D eigenvalue weighted by Crippen LogP contribution is -2.27. The van der Waals surface area contributed by atoms with Gasteiger partial charge in [-0.3, -0.25) is 4.79 Å². The van der Waals surface area contributed by atoms with Crippen molar-refractivity contribution < 1.29 is 15.0 Å². The van der Waals surface area contributed by atoms with E-state index in [1.165, 1.54) is 6.07 Å². The molecule has 7 nitrogen and oxygen atoms in total. The van der Waals surface area contributed by atoms with Gasteiger partial charge in [-0.15, -0.1) is 0 Å². The molecule has 1 amide bonds. The highest BCUT2D eigenvalue weighted by molar-refractivity contribution is 6.00. The SMILES string of the molecule is Cc1ccccc1-c1nc(N(C)Cc2ccccc2)ncc1C(=O)NCCC(O)c1cccc(O)c1. The Morgan fingerprint density at radius 2 is 1.78 bits per heavy atom. The predicted molar refractivity (Wildman–Crippen MR) is 141 cm³/mol. The number of hydrogen-bond acceptors (Lipinski definition) is 6. The van der Waals surface area contributed by atoms with Gasteiger partial charge in [0.1, 0.15) is 5.75 Å². The standard InChI is InChI=1S/C29H30N4O3/c1-20-9-6-7-14-24(20)27-25(18-31-29(32-27)33(2)19-21-10-4-3-5-11-21)28(36)30-16-15-26(35)22-12-8-13-23(34)17-22/h3-14,17-18,26,34-35H,15-16,19H2,1-2H3,(H,30,36). The van der Waals surface area contributed by atoms with Gasteiger partial charge < -0.3 is 20.4 Å². The van der Waals surface area contributed by atoms with E-state index < -0.39 is 6.10 Å². The number of aryl methyl sites for hydroxylation is 1. The van der Waals surface area contributed by atoms with E-state index in [-0.39, 0.29) is 18.2 Å². The summed E-state index contributed by atoms with van der Waals surface area (Å²) in [6.07, 6.45) is 1.05. The molecule has 0 aliphatic heterocycles. The van der Waals surface area contributed by atoms with E-state index in [9.17, 15) is 15.0 Å². The highest BCUT2D eigenvalue weighted by atomic mass is 16.3. The van der Waals surface area contributed by atoms with E-state index in [1.807, 2.05) is 73.5 Å². The quantitative estimate of drug-likeness (QED) is 0.321. The van der Waals surface area contributed by atoms with Gasteiger partial charge in [0.2, 0.25) is 5.95 Å².